The minimum Gasteiger partial charge on any atom is -0.339 e. The molecular weight excluding hydrogens is 228 g/mol. The van der Waals surface area contributed by atoms with Crippen molar-refractivity contribution in [2.45, 2.75) is 26.7 Å². The zero-order chi connectivity index (χ0) is 13.1. The van der Waals surface area contributed by atoms with Gasteiger partial charge in [-0.3, -0.25) is 4.79 Å². The van der Waals surface area contributed by atoms with Crippen molar-refractivity contribution in [3.63, 3.8) is 0 Å². The summed E-state index contributed by atoms with van der Waals surface area (Å²) in [5, 5.41) is 2.92. The van der Waals surface area contributed by atoms with Crippen LogP contribution < -0.4 is 0 Å². The number of rotatable bonds is 2. The number of nitrogens with zero attached hydrogens (tertiary/aromatic N) is 2. The van der Waals surface area contributed by atoms with E-state index in [1.807, 2.05) is 4.90 Å². The Morgan fingerprint density at radius 1 is 1.33 bits per heavy atom. The first-order chi connectivity index (χ1) is 8.61. The molecule has 1 aromatic carbocycles. The number of hydrogen-bond donors (Lipinski definition) is 0. The van der Waals surface area contributed by atoms with E-state index in [-0.39, 0.29) is 5.91 Å². The molecule has 0 spiro atoms. The lowest BCUT2D eigenvalue weighted by molar-refractivity contribution is 0.0697. The van der Waals surface area contributed by atoms with Crippen molar-refractivity contribution in [2.75, 3.05) is 13.1 Å². The third-order valence-electron chi connectivity index (χ3n) is 3.61. The molecule has 1 amide bonds. The van der Waals surface area contributed by atoms with Crippen molar-refractivity contribution in [1.82, 2.24) is 4.90 Å². The number of carbonyl (C=O) groups is 1. The maximum atomic E-state index is 12.3. The molecule has 1 saturated heterocycles. The first-order valence-corrected chi connectivity index (χ1v) is 6.35. The zero-order valence-corrected chi connectivity index (χ0v) is 10.8. The van der Waals surface area contributed by atoms with Gasteiger partial charge in [0.25, 0.3) is 5.91 Å². The first kappa shape index (κ1) is 12.7. The molecule has 1 heterocycles. The van der Waals surface area contributed by atoms with Gasteiger partial charge in [0.15, 0.2) is 0 Å². The van der Waals surface area contributed by atoms with Crippen molar-refractivity contribution < 1.29 is 4.79 Å². The number of nitroso groups, excluding NO2 is 1. The molecule has 4 heteroatoms. The van der Waals surface area contributed by atoms with E-state index in [0.717, 1.165) is 31.5 Å². The van der Waals surface area contributed by atoms with Gasteiger partial charge in [-0.05, 0) is 54.6 Å². The molecule has 1 fully saturated rings. The van der Waals surface area contributed by atoms with Crippen LogP contribution in [0.3, 0.4) is 0 Å². The molecule has 0 radical (unpaired) electrons. The number of hydrogen-bond acceptors (Lipinski definition) is 3. The van der Waals surface area contributed by atoms with Gasteiger partial charge in [-0.1, -0.05) is 6.92 Å². The minimum atomic E-state index is 0.0578. The third kappa shape index (κ3) is 2.58. The van der Waals surface area contributed by atoms with Crippen LogP contribution in [0, 0.1) is 17.7 Å². The molecule has 0 aromatic heterocycles. The van der Waals surface area contributed by atoms with E-state index < -0.39 is 0 Å². The molecule has 0 atom stereocenters. The van der Waals surface area contributed by atoms with E-state index in [2.05, 4.69) is 12.1 Å². The summed E-state index contributed by atoms with van der Waals surface area (Å²) < 4.78 is 0. The average molecular weight is 246 g/mol. The average Bonchev–Trinajstić information content (AvgIpc) is 2.38. The Morgan fingerprint density at radius 3 is 2.56 bits per heavy atom. The van der Waals surface area contributed by atoms with E-state index in [0.29, 0.717) is 17.2 Å². The van der Waals surface area contributed by atoms with Gasteiger partial charge in [-0.25, -0.2) is 0 Å². The quantitative estimate of drug-likeness (QED) is 0.752. The Morgan fingerprint density at radius 2 is 2.00 bits per heavy atom. The summed E-state index contributed by atoms with van der Waals surface area (Å²) in [6.07, 6.45) is 2.14. The lowest BCUT2D eigenvalue weighted by atomic mass is 9.98. The molecule has 0 bridgehead atoms. The summed E-state index contributed by atoms with van der Waals surface area (Å²) in [4.78, 5) is 24.7. The number of aryl methyl sites for hydroxylation is 1. The van der Waals surface area contributed by atoms with Crippen molar-refractivity contribution in [3.8, 4) is 0 Å². The molecular formula is C14H18N2O2. The van der Waals surface area contributed by atoms with Gasteiger partial charge < -0.3 is 4.90 Å². The predicted molar refractivity (Wildman–Crippen MR) is 70.9 cm³/mol. The largest absolute Gasteiger partial charge is 0.339 e. The lowest BCUT2D eigenvalue weighted by Gasteiger charge is -2.30. The number of piperidine rings is 1. The second-order valence-corrected chi connectivity index (χ2v) is 5.07. The third-order valence-corrected chi connectivity index (χ3v) is 3.61. The zero-order valence-electron chi connectivity index (χ0n) is 10.8. The Hall–Kier alpha value is -1.71. The van der Waals surface area contributed by atoms with E-state index in [1.54, 1.807) is 25.1 Å². The summed E-state index contributed by atoms with van der Waals surface area (Å²) in [5.41, 5.74) is 1.80. The molecule has 0 unspecified atom stereocenters. The van der Waals surface area contributed by atoms with E-state index in [9.17, 15) is 9.70 Å². The highest BCUT2D eigenvalue weighted by Crippen LogP contribution is 2.22. The van der Waals surface area contributed by atoms with Crippen LogP contribution >= 0.6 is 0 Å². The molecule has 96 valence electrons. The number of carbonyl (C=O) groups excluding carboxylic acids is 1. The molecule has 2 rings (SSSR count). The highest BCUT2D eigenvalue weighted by Gasteiger charge is 2.21. The van der Waals surface area contributed by atoms with Crippen molar-refractivity contribution in [1.29, 1.82) is 0 Å². The van der Waals surface area contributed by atoms with Gasteiger partial charge in [0, 0.05) is 18.7 Å². The van der Waals surface area contributed by atoms with Crippen molar-refractivity contribution in [3.05, 3.63) is 34.2 Å². The highest BCUT2D eigenvalue weighted by molar-refractivity contribution is 5.94. The van der Waals surface area contributed by atoms with Crippen LogP contribution in [0.4, 0.5) is 5.69 Å². The van der Waals surface area contributed by atoms with Gasteiger partial charge in [0.2, 0.25) is 0 Å². The molecule has 18 heavy (non-hydrogen) atoms. The predicted octanol–water partition coefficient (Wildman–Crippen LogP) is 3.27. The summed E-state index contributed by atoms with van der Waals surface area (Å²) in [7, 11) is 0. The smallest absolute Gasteiger partial charge is 0.253 e. The molecule has 1 aliphatic rings. The topological polar surface area (TPSA) is 49.7 Å². The monoisotopic (exact) mass is 246 g/mol. The van der Waals surface area contributed by atoms with Crippen LogP contribution in [0.5, 0.6) is 0 Å². The molecule has 1 aliphatic heterocycles. The fraction of sp³-hybridized carbons (Fsp3) is 0.500. The summed E-state index contributed by atoms with van der Waals surface area (Å²) in [6.45, 7) is 5.67. The Balaban J connectivity index is 2.13. The molecule has 4 nitrogen and oxygen atoms in total. The second kappa shape index (κ2) is 5.29. The lowest BCUT2D eigenvalue weighted by Crippen LogP contribution is -2.37. The first-order valence-electron chi connectivity index (χ1n) is 6.35. The molecule has 0 aliphatic carbocycles. The normalized spacial score (nSPS) is 16.7. The highest BCUT2D eigenvalue weighted by atomic mass is 16.3. The van der Waals surface area contributed by atoms with E-state index in [4.69, 9.17) is 0 Å². The van der Waals surface area contributed by atoms with Crippen molar-refractivity contribution >= 4 is 11.6 Å². The summed E-state index contributed by atoms with van der Waals surface area (Å²) in [5.74, 6) is 0.764. The second-order valence-electron chi connectivity index (χ2n) is 5.07. The SMILES string of the molecule is Cc1cc(C(=O)N2CCC(C)CC2)ccc1N=O. The summed E-state index contributed by atoms with van der Waals surface area (Å²) >= 11 is 0. The van der Waals surface area contributed by atoms with Crippen LogP contribution in [0.25, 0.3) is 0 Å². The van der Waals surface area contributed by atoms with Crippen LogP contribution in [0.15, 0.2) is 23.4 Å². The van der Waals surface area contributed by atoms with Gasteiger partial charge in [-0.2, -0.15) is 0 Å². The number of benzene rings is 1. The van der Waals surface area contributed by atoms with Crippen LogP contribution in [0.2, 0.25) is 0 Å². The Kier molecular flexibility index (Phi) is 3.75. The van der Waals surface area contributed by atoms with Gasteiger partial charge in [0.05, 0.1) is 0 Å². The standard InChI is InChI=1S/C14H18N2O2/c1-10-5-7-16(8-6-10)14(17)12-3-4-13(15-18)11(2)9-12/h3-4,9-10H,5-8H2,1-2H3. The molecule has 0 N–H and O–H groups in total. The Bertz CT molecular complexity index is 463. The van der Waals surface area contributed by atoms with Gasteiger partial charge in [-0.15, -0.1) is 4.91 Å². The van der Waals surface area contributed by atoms with E-state index in [1.165, 1.54) is 0 Å². The fourth-order valence-electron chi connectivity index (χ4n) is 2.29. The minimum absolute atomic E-state index is 0.0578. The van der Waals surface area contributed by atoms with Crippen LogP contribution in [0.1, 0.15) is 35.7 Å². The number of likely N-dealkylation sites (tertiary alicyclic amines) is 1. The van der Waals surface area contributed by atoms with E-state index >= 15 is 0 Å². The molecule has 0 saturated carbocycles. The van der Waals surface area contributed by atoms with Crippen LogP contribution in [-0.2, 0) is 0 Å². The van der Waals surface area contributed by atoms with Crippen LogP contribution in [-0.4, -0.2) is 23.9 Å². The molecule has 1 aromatic rings. The van der Waals surface area contributed by atoms with Gasteiger partial charge >= 0.3 is 0 Å². The fourth-order valence-corrected chi connectivity index (χ4v) is 2.29. The Labute approximate surface area is 107 Å². The maximum absolute atomic E-state index is 12.3. The number of amides is 1. The summed E-state index contributed by atoms with van der Waals surface area (Å²) in [6, 6.07) is 5.04. The maximum Gasteiger partial charge on any atom is 0.253 e. The van der Waals surface area contributed by atoms with Gasteiger partial charge in [0.1, 0.15) is 5.69 Å². The van der Waals surface area contributed by atoms with Crippen molar-refractivity contribution in [2.24, 2.45) is 11.1 Å².